The molecule has 2 aromatic rings. The average Bonchev–Trinajstić information content (AvgIpc) is 2.62. The number of benzene rings is 2. The van der Waals surface area contributed by atoms with E-state index in [0.29, 0.717) is 11.2 Å². The van der Waals surface area contributed by atoms with E-state index < -0.39 is 0 Å². The normalized spacial score (nSPS) is 15.7. The molecule has 3 rings (SSSR count). The molecule has 0 aliphatic carbocycles. The van der Waals surface area contributed by atoms with Gasteiger partial charge in [-0.15, -0.1) is 0 Å². The van der Waals surface area contributed by atoms with Gasteiger partial charge < -0.3 is 10.6 Å². The Balaban J connectivity index is 1.45. The van der Waals surface area contributed by atoms with Crippen LogP contribution in [-0.2, 0) is 6.54 Å². The Labute approximate surface area is 170 Å². The highest BCUT2D eigenvalue weighted by Gasteiger charge is 2.20. The highest BCUT2D eigenvalue weighted by molar-refractivity contribution is 7.80. The van der Waals surface area contributed by atoms with E-state index in [1.165, 1.54) is 5.56 Å². The summed E-state index contributed by atoms with van der Waals surface area (Å²) in [6.07, 6.45) is 2.15. The van der Waals surface area contributed by atoms with Crippen LogP contribution in [0.4, 0.5) is 5.69 Å². The lowest BCUT2D eigenvalue weighted by Gasteiger charge is -2.33. The van der Waals surface area contributed by atoms with Crippen molar-refractivity contribution >= 4 is 46.2 Å². The van der Waals surface area contributed by atoms with E-state index in [0.717, 1.165) is 53.8 Å². The lowest BCUT2D eigenvalue weighted by Crippen LogP contribution is -2.45. The Hall–Kier alpha value is -1.33. The molecule has 0 amide bonds. The lowest BCUT2D eigenvalue weighted by molar-refractivity contribution is 0.199. The molecule has 2 N–H and O–H groups in total. The number of nitrogens with zero attached hydrogens (tertiary/aromatic N) is 1. The molecule has 1 heterocycles. The Morgan fingerprint density at radius 2 is 1.81 bits per heavy atom. The van der Waals surface area contributed by atoms with Gasteiger partial charge in [0.15, 0.2) is 5.11 Å². The first-order valence-electron chi connectivity index (χ1n) is 8.80. The van der Waals surface area contributed by atoms with Gasteiger partial charge in [0, 0.05) is 41.4 Å². The summed E-state index contributed by atoms with van der Waals surface area (Å²) in [6, 6.07) is 14.3. The Kier molecular flexibility index (Phi) is 6.76. The summed E-state index contributed by atoms with van der Waals surface area (Å²) < 4.78 is 0. The summed E-state index contributed by atoms with van der Waals surface area (Å²) in [6.45, 7) is 5.06. The first-order chi connectivity index (χ1) is 12.5. The molecule has 0 unspecified atom stereocenters. The van der Waals surface area contributed by atoms with Crippen LogP contribution in [0, 0.1) is 6.92 Å². The summed E-state index contributed by atoms with van der Waals surface area (Å²) in [5.41, 5.74) is 3.26. The molecule has 1 fully saturated rings. The number of likely N-dealkylation sites (tertiary alicyclic amines) is 1. The summed E-state index contributed by atoms with van der Waals surface area (Å²) in [5, 5.41) is 8.89. The van der Waals surface area contributed by atoms with E-state index in [2.05, 4.69) is 27.7 Å². The fraction of sp³-hybridized carbons (Fsp3) is 0.350. The van der Waals surface area contributed by atoms with Crippen molar-refractivity contribution < 1.29 is 0 Å². The van der Waals surface area contributed by atoms with E-state index in [1.807, 2.05) is 37.3 Å². The number of rotatable bonds is 4. The minimum Gasteiger partial charge on any atom is -0.360 e. The molecule has 0 aromatic heterocycles. The van der Waals surface area contributed by atoms with E-state index in [4.69, 9.17) is 35.4 Å². The molecule has 0 saturated carbocycles. The standard InChI is InChI=1S/C20H23Cl2N3S/c1-14-18(22)3-2-4-19(14)24-20(26)23-17-9-11-25(12-10-17)13-15-5-7-16(21)8-6-15/h2-8,17H,9-13H2,1H3,(H2,23,24,26). The predicted molar refractivity (Wildman–Crippen MR) is 115 cm³/mol. The highest BCUT2D eigenvalue weighted by atomic mass is 35.5. The van der Waals surface area contributed by atoms with Crippen LogP contribution < -0.4 is 10.6 Å². The maximum absolute atomic E-state index is 6.16. The zero-order valence-corrected chi connectivity index (χ0v) is 17.1. The number of nitrogens with one attached hydrogen (secondary N) is 2. The topological polar surface area (TPSA) is 27.3 Å². The van der Waals surface area contributed by atoms with Crippen LogP contribution in [0.1, 0.15) is 24.0 Å². The van der Waals surface area contributed by atoms with Crippen molar-refractivity contribution in [3.05, 3.63) is 63.6 Å². The molecular weight excluding hydrogens is 385 g/mol. The van der Waals surface area contributed by atoms with Gasteiger partial charge in [-0.05, 0) is 67.4 Å². The van der Waals surface area contributed by atoms with Crippen molar-refractivity contribution in [1.29, 1.82) is 0 Å². The van der Waals surface area contributed by atoms with Gasteiger partial charge in [0.05, 0.1) is 0 Å². The molecule has 0 bridgehead atoms. The zero-order valence-electron chi connectivity index (χ0n) is 14.8. The second-order valence-corrected chi connectivity index (χ2v) is 7.94. The highest BCUT2D eigenvalue weighted by Crippen LogP contribution is 2.23. The van der Waals surface area contributed by atoms with Gasteiger partial charge in [0.25, 0.3) is 0 Å². The van der Waals surface area contributed by atoms with E-state index in [9.17, 15) is 0 Å². The van der Waals surface area contributed by atoms with Crippen LogP contribution in [0.15, 0.2) is 42.5 Å². The molecule has 3 nitrogen and oxygen atoms in total. The fourth-order valence-electron chi connectivity index (χ4n) is 3.17. The minimum atomic E-state index is 0.399. The molecule has 0 spiro atoms. The van der Waals surface area contributed by atoms with Crippen LogP contribution in [0.25, 0.3) is 0 Å². The Morgan fingerprint density at radius 3 is 2.50 bits per heavy atom. The van der Waals surface area contributed by atoms with Gasteiger partial charge in [-0.1, -0.05) is 41.4 Å². The van der Waals surface area contributed by atoms with E-state index in [1.54, 1.807) is 0 Å². The van der Waals surface area contributed by atoms with Crippen LogP contribution >= 0.6 is 35.4 Å². The first kappa shape index (κ1) is 19.4. The lowest BCUT2D eigenvalue weighted by atomic mass is 10.0. The maximum atomic E-state index is 6.16. The summed E-state index contributed by atoms with van der Waals surface area (Å²) in [7, 11) is 0. The van der Waals surface area contributed by atoms with Gasteiger partial charge in [-0.3, -0.25) is 4.90 Å². The third-order valence-electron chi connectivity index (χ3n) is 4.76. The SMILES string of the molecule is Cc1c(Cl)cccc1NC(=S)NC1CCN(Cc2ccc(Cl)cc2)CC1. The van der Waals surface area contributed by atoms with Gasteiger partial charge in [-0.2, -0.15) is 0 Å². The van der Waals surface area contributed by atoms with Crippen LogP contribution in [0.5, 0.6) is 0 Å². The van der Waals surface area contributed by atoms with Crippen molar-refractivity contribution in [1.82, 2.24) is 10.2 Å². The maximum Gasteiger partial charge on any atom is 0.171 e. The number of halogens is 2. The number of hydrogen-bond acceptors (Lipinski definition) is 2. The Bertz CT molecular complexity index is 756. The monoisotopic (exact) mass is 407 g/mol. The third kappa shape index (κ3) is 5.34. The van der Waals surface area contributed by atoms with Gasteiger partial charge >= 0.3 is 0 Å². The quantitative estimate of drug-likeness (QED) is 0.676. The van der Waals surface area contributed by atoms with Crippen molar-refractivity contribution in [2.75, 3.05) is 18.4 Å². The first-order valence-corrected chi connectivity index (χ1v) is 9.97. The smallest absolute Gasteiger partial charge is 0.171 e. The molecule has 1 aliphatic rings. The van der Waals surface area contributed by atoms with Gasteiger partial charge in [0.2, 0.25) is 0 Å². The molecule has 1 saturated heterocycles. The molecule has 6 heteroatoms. The molecule has 0 atom stereocenters. The number of hydrogen-bond donors (Lipinski definition) is 2. The Morgan fingerprint density at radius 1 is 1.12 bits per heavy atom. The predicted octanol–water partition coefficient (Wildman–Crippen LogP) is 5.25. The van der Waals surface area contributed by atoms with Crippen LogP contribution in [0.2, 0.25) is 10.0 Å². The van der Waals surface area contributed by atoms with Crippen molar-refractivity contribution in [3.8, 4) is 0 Å². The van der Waals surface area contributed by atoms with Crippen molar-refractivity contribution in [2.24, 2.45) is 0 Å². The van der Waals surface area contributed by atoms with Crippen LogP contribution in [0.3, 0.4) is 0 Å². The largest absolute Gasteiger partial charge is 0.360 e. The third-order valence-corrected chi connectivity index (χ3v) is 5.64. The van der Waals surface area contributed by atoms with Crippen molar-refractivity contribution in [3.63, 3.8) is 0 Å². The summed E-state index contributed by atoms with van der Waals surface area (Å²) in [4.78, 5) is 2.47. The number of piperidine rings is 1. The molecule has 26 heavy (non-hydrogen) atoms. The molecule has 138 valence electrons. The molecule has 0 radical (unpaired) electrons. The minimum absolute atomic E-state index is 0.399. The zero-order chi connectivity index (χ0) is 18.5. The van der Waals surface area contributed by atoms with Gasteiger partial charge in [0.1, 0.15) is 0 Å². The van der Waals surface area contributed by atoms with E-state index in [-0.39, 0.29) is 0 Å². The fourth-order valence-corrected chi connectivity index (χ4v) is 3.75. The van der Waals surface area contributed by atoms with Gasteiger partial charge in [-0.25, -0.2) is 0 Å². The summed E-state index contributed by atoms with van der Waals surface area (Å²) in [5.74, 6) is 0. The summed E-state index contributed by atoms with van der Waals surface area (Å²) >= 11 is 17.6. The van der Waals surface area contributed by atoms with Crippen molar-refractivity contribution in [2.45, 2.75) is 32.4 Å². The number of anilines is 1. The second-order valence-electron chi connectivity index (χ2n) is 6.69. The molecule has 2 aromatic carbocycles. The molecular formula is C20H23Cl2N3S. The molecule has 1 aliphatic heterocycles. The second kappa shape index (κ2) is 9.05. The van der Waals surface area contributed by atoms with E-state index >= 15 is 0 Å². The van der Waals surface area contributed by atoms with Crippen LogP contribution in [-0.4, -0.2) is 29.1 Å². The number of thiocarbonyl (C=S) groups is 1. The average molecular weight is 408 g/mol.